The molecule has 0 fully saturated rings. The molecule has 1 unspecified atom stereocenters. The molecule has 2 aromatic carbocycles. The average molecular weight is 209 g/mol. The fourth-order valence-electron chi connectivity index (χ4n) is 2.60. The van der Waals surface area contributed by atoms with Gasteiger partial charge in [0.1, 0.15) is 0 Å². The van der Waals surface area contributed by atoms with E-state index in [9.17, 15) is 0 Å². The van der Waals surface area contributed by atoms with Crippen molar-refractivity contribution < 1.29 is 0 Å². The van der Waals surface area contributed by atoms with Gasteiger partial charge in [0.15, 0.2) is 0 Å². The smallest absolute Gasteiger partial charge is 0.0676 e. The highest BCUT2D eigenvalue weighted by Gasteiger charge is 2.22. The highest BCUT2D eigenvalue weighted by atomic mass is 14.8. The minimum absolute atomic E-state index is 0.459. The first kappa shape index (κ1) is 9.59. The number of rotatable bonds is 0. The van der Waals surface area contributed by atoms with E-state index < -0.39 is 0 Å². The molecule has 0 saturated carbocycles. The van der Waals surface area contributed by atoms with E-state index in [-0.39, 0.29) is 0 Å². The fraction of sp³-hybridized carbons (Fsp3) is 0.267. The van der Waals surface area contributed by atoms with E-state index in [1.54, 1.807) is 0 Å². The maximum absolute atomic E-state index is 4.66. The van der Waals surface area contributed by atoms with Crippen LogP contribution < -0.4 is 0 Å². The summed E-state index contributed by atoms with van der Waals surface area (Å²) in [6.07, 6.45) is 0. The predicted molar refractivity (Wildman–Crippen MR) is 69.9 cm³/mol. The van der Waals surface area contributed by atoms with E-state index >= 15 is 0 Å². The molecule has 0 aromatic heterocycles. The Morgan fingerprint density at radius 3 is 2.50 bits per heavy atom. The van der Waals surface area contributed by atoms with Crippen molar-refractivity contribution in [3.8, 4) is 0 Å². The Morgan fingerprint density at radius 1 is 1.06 bits per heavy atom. The highest BCUT2D eigenvalue weighted by Crippen LogP contribution is 2.41. The van der Waals surface area contributed by atoms with Gasteiger partial charge in [0, 0.05) is 11.6 Å². The van der Waals surface area contributed by atoms with Crippen molar-refractivity contribution in [1.82, 2.24) is 0 Å². The molecule has 1 atom stereocenters. The van der Waals surface area contributed by atoms with Crippen molar-refractivity contribution in [2.75, 3.05) is 0 Å². The lowest BCUT2D eigenvalue weighted by Crippen LogP contribution is -1.99. The summed E-state index contributed by atoms with van der Waals surface area (Å²) < 4.78 is 0. The second kappa shape index (κ2) is 3.18. The van der Waals surface area contributed by atoms with Gasteiger partial charge in [0.05, 0.1) is 5.69 Å². The lowest BCUT2D eigenvalue weighted by molar-refractivity contribution is 1.06. The minimum atomic E-state index is 0.459. The van der Waals surface area contributed by atoms with Crippen LogP contribution in [-0.2, 0) is 0 Å². The molecular weight excluding hydrogens is 194 g/mol. The zero-order valence-corrected chi connectivity index (χ0v) is 9.91. The molecule has 0 spiro atoms. The first-order valence-corrected chi connectivity index (χ1v) is 5.76. The maximum Gasteiger partial charge on any atom is 0.0676 e. The van der Waals surface area contributed by atoms with Crippen LogP contribution in [0.1, 0.15) is 30.9 Å². The van der Waals surface area contributed by atoms with Crippen LogP contribution in [0.2, 0.25) is 0 Å². The third-order valence-electron chi connectivity index (χ3n) is 3.63. The molecule has 0 saturated heterocycles. The summed E-state index contributed by atoms with van der Waals surface area (Å²) >= 11 is 0. The lowest BCUT2D eigenvalue weighted by Gasteiger charge is -2.11. The van der Waals surface area contributed by atoms with Crippen LogP contribution in [0.15, 0.2) is 35.3 Å². The van der Waals surface area contributed by atoms with Crippen molar-refractivity contribution in [3.05, 3.63) is 41.5 Å². The summed E-state index contributed by atoms with van der Waals surface area (Å²) in [5.74, 6) is 0.459. The number of nitrogens with zero attached hydrogens (tertiary/aromatic N) is 1. The van der Waals surface area contributed by atoms with Crippen molar-refractivity contribution in [1.29, 1.82) is 0 Å². The van der Waals surface area contributed by atoms with Gasteiger partial charge in [-0.3, -0.25) is 4.99 Å². The van der Waals surface area contributed by atoms with Crippen LogP contribution >= 0.6 is 0 Å². The quantitative estimate of drug-likeness (QED) is 0.611. The van der Waals surface area contributed by atoms with Crippen molar-refractivity contribution in [2.45, 2.75) is 26.7 Å². The summed E-state index contributed by atoms with van der Waals surface area (Å²) in [6, 6.07) is 10.8. The fourth-order valence-corrected chi connectivity index (χ4v) is 2.60. The Kier molecular flexibility index (Phi) is 1.90. The molecule has 0 aliphatic carbocycles. The van der Waals surface area contributed by atoms with Gasteiger partial charge in [-0.1, -0.05) is 31.2 Å². The van der Waals surface area contributed by atoms with Crippen molar-refractivity contribution in [2.24, 2.45) is 4.99 Å². The van der Waals surface area contributed by atoms with Gasteiger partial charge < -0.3 is 0 Å². The Labute approximate surface area is 95.8 Å². The number of benzene rings is 2. The zero-order chi connectivity index (χ0) is 11.3. The average Bonchev–Trinajstić information content (AvgIpc) is 2.55. The van der Waals surface area contributed by atoms with E-state index in [1.165, 1.54) is 33.3 Å². The molecule has 1 aliphatic rings. The molecule has 0 N–H and O–H groups in total. The summed E-state index contributed by atoms with van der Waals surface area (Å²) in [7, 11) is 0. The molecule has 3 rings (SSSR count). The van der Waals surface area contributed by atoms with Crippen LogP contribution in [0.3, 0.4) is 0 Å². The van der Waals surface area contributed by atoms with Gasteiger partial charge in [-0.25, -0.2) is 0 Å². The van der Waals surface area contributed by atoms with E-state index in [0.717, 1.165) is 0 Å². The van der Waals surface area contributed by atoms with Gasteiger partial charge in [-0.15, -0.1) is 0 Å². The molecule has 2 aromatic rings. The van der Waals surface area contributed by atoms with Crippen LogP contribution in [0.5, 0.6) is 0 Å². The van der Waals surface area contributed by atoms with Gasteiger partial charge in [-0.2, -0.15) is 0 Å². The van der Waals surface area contributed by atoms with E-state index in [1.807, 2.05) is 0 Å². The third kappa shape index (κ3) is 1.15. The van der Waals surface area contributed by atoms with Crippen LogP contribution in [0.25, 0.3) is 10.8 Å². The van der Waals surface area contributed by atoms with Gasteiger partial charge in [0.25, 0.3) is 0 Å². The Balaban J connectivity index is 2.45. The van der Waals surface area contributed by atoms with Crippen LogP contribution in [0, 0.1) is 6.92 Å². The van der Waals surface area contributed by atoms with Gasteiger partial charge >= 0.3 is 0 Å². The summed E-state index contributed by atoms with van der Waals surface area (Å²) in [5.41, 5.74) is 5.12. The van der Waals surface area contributed by atoms with E-state index in [0.29, 0.717) is 5.92 Å². The summed E-state index contributed by atoms with van der Waals surface area (Å²) in [6.45, 7) is 6.53. The molecule has 1 aliphatic heterocycles. The maximum atomic E-state index is 4.66. The van der Waals surface area contributed by atoms with Gasteiger partial charge in [-0.05, 0) is 41.8 Å². The first-order valence-electron chi connectivity index (χ1n) is 5.76. The summed E-state index contributed by atoms with van der Waals surface area (Å²) in [5, 5.41) is 2.73. The molecule has 0 radical (unpaired) electrons. The van der Waals surface area contributed by atoms with Crippen LogP contribution in [0.4, 0.5) is 5.69 Å². The molecule has 16 heavy (non-hydrogen) atoms. The number of hydrogen-bond donors (Lipinski definition) is 0. The normalized spacial score (nSPS) is 18.7. The van der Waals surface area contributed by atoms with Crippen LogP contribution in [-0.4, -0.2) is 5.71 Å². The number of aliphatic imine (C=N–C) groups is 1. The molecular formula is C15H15N. The SMILES string of the molecule is CC1=Nc2cc(C)c3ccccc3c2C1C. The second-order valence-electron chi connectivity index (χ2n) is 4.65. The minimum Gasteiger partial charge on any atom is -0.257 e. The topological polar surface area (TPSA) is 12.4 Å². The zero-order valence-electron chi connectivity index (χ0n) is 9.91. The second-order valence-corrected chi connectivity index (χ2v) is 4.65. The van der Waals surface area contributed by atoms with Gasteiger partial charge in [0.2, 0.25) is 0 Å². The molecule has 0 bridgehead atoms. The highest BCUT2D eigenvalue weighted by molar-refractivity contribution is 6.04. The third-order valence-corrected chi connectivity index (χ3v) is 3.63. The predicted octanol–water partition coefficient (Wildman–Crippen LogP) is 4.36. The van der Waals surface area contributed by atoms with Crippen molar-refractivity contribution in [3.63, 3.8) is 0 Å². The number of aryl methyl sites for hydroxylation is 1. The summed E-state index contributed by atoms with van der Waals surface area (Å²) in [4.78, 5) is 4.66. The first-order chi connectivity index (χ1) is 7.68. The molecule has 0 amide bonds. The lowest BCUT2D eigenvalue weighted by atomic mass is 9.91. The number of fused-ring (bicyclic) bond motifs is 3. The monoisotopic (exact) mass is 209 g/mol. The Morgan fingerprint density at radius 2 is 1.75 bits per heavy atom. The molecule has 1 heterocycles. The molecule has 1 nitrogen and oxygen atoms in total. The molecule has 80 valence electrons. The standard InChI is InChI=1S/C15H15N/c1-9-8-14-15(10(2)11(3)16-14)13-7-5-4-6-12(9)13/h4-8,10H,1-3H3. The van der Waals surface area contributed by atoms with E-state index in [4.69, 9.17) is 0 Å². The largest absolute Gasteiger partial charge is 0.257 e. The van der Waals surface area contributed by atoms with E-state index in [2.05, 4.69) is 56.1 Å². The van der Waals surface area contributed by atoms with Crippen molar-refractivity contribution >= 4 is 22.2 Å². The number of hydrogen-bond acceptors (Lipinski definition) is 1. The Hall–Kier alpha value is -1.63. The molecule has 1 heteroatoms. The Bertz CT molecular complexity index is 608.